The topological polar surface area (TPSA) is 67.4 Å². The van der Waals surface area contributed by atoms with Crippen LogP contribution < -0.4 is 15.4 Å². The molecule has 0 radical (unpaired) electrons. The number of rotatable bonds is 4. The lowest BCUT2D eigenvalue weighted by molar-refractivity contribution is -0.122. The van der Waals surface area contributed by atoms with Gasteiger partial charge in [-0.15, -0.1) is 0 Å². The highest BCUT2D eigenvalue weighted by molar-refractivity contribution is 6.32. The fourth-order valence-corrected chi connectivity index (χ4v) is 3.00. The van der Waals surface area contributed by atoms with E-state index in [4.69, 9.17) is 27.9 Å². The van der Waals surface area contributed by atoms with Crippen LogP contribution in [0, 0.1) is 11.6 Å². The van der Waals surface area contributed by atoms with Gasteiger partial charge in [0, 0.05) is 25.1 Å². The van der Waals surface area contributed by atoms with E-state index in [1.165, 1.54) is 6.07 Å². The summed E-state index contributed by atoms with van der Waals surface area (Å²) in [6.07, 6.45) is 0.676. The Hall–Kier alpha value is -2.38. The van der Waals surface area contributed by atoms with Crippen LogP contribution in [0.2, 0.25) is 10.0 Å². The van der Waals surface area contributed by atoms with Crippen LogP contribution in [-0.2, 0) is 4.79 Å². The van der Waals surface area contributed by atoms with Gasteiger partial charge in [-0.2, -0.15) is 0 Å². The number of halogens is 4. The fourth-order valence-electron chi connectivity index (χ4n) is 2.64. The molecule has 1 fully saturated rings. The fraction of sp³-hybridized carbons (Fsp3) is 0.222. The standard InChI is InChI=1S/C18H14Cl2F2N2O3/c19-12-8-16(27-15-2-1-9(21)5-13(15)20)11(7-14(12)22)18(26)24-10-3-4-23-17(25)6-10/h1-2,5,7-8,10H,3-4,6H2,(H,23,25)(H,24,26). The molecule has 1 aliphatic rings. The molecule has 2 aromatic carbocycles. The average molecular weight is 415 g/mol. The first-order valence-corrected chi connectivity index (χ1v) is 8.78. The first kappa shape index (κ1) is 19.4. The van der Waals surface area contributed by atoms with Crippen molar-refractivity contribution in [1.29, 1.82) is 0 Å². The lowest BCUT2D eigenvalue weighted by atomic mass is 10.1. The van der Waals surface area contributed by atoms with Crippen molar-refractivity contribution in [1.82, 2.24) is 10.6 Å². The normalized spacial score (nSPS) is 16.6. The van der Waals surface area contributed by atoms with Crippen LogP contribution in [0.1, 0.15) is 23.2 Å². The summed E-state index contributed by atoms with van der Waals surface area (Å²) in [5.74, 6) is -2.14. The second-order valence-electron chi connectivity index (χ2n) is 5.95. The van der Waals surface area contributed by atoms with E-state index in [-0.39, 0.29) is 45.5 Å². The van der Waals surface area contributed by atoms with E-state index in [9.17, 15) is 18.4 Å². The predicted octanol–water partition coefficient (Wildman–Crippen LogP) is 4.07. The van der Waals surface area contributed by atoms with Crippen molar-refractivity contribution in [3.8, 4) is 11.5 Å². The molecule has 0 spiro atoms. The van der Waals surface area contributed by atoms with E-state index in [0.29, 0.717) is 13.0 Å². The molecule has 2 amide bonds. The minimum Gasteiger partial charge on any atom is -0.455 e. The quantitative estimate of drug-likeness (QED) is 0.791. The summed E-state index contributed by atoms with van der Waals surface area (Å²) in [5, 5.41) is 5.06. The maximum atomic E-state index is 13.9. The zero-order chi connectivity index (χ0) is 19.6. The number of benzene rings is 2. The predicted molar refractivity (Wildman–Crippen MR) is 96.4 cm³/mol. The molecule has 1 atom stereocenters. The van der Waals surface area contributed by atoms with Gasteiger partial charge >= 0.3 is 0 Å². The SMILES string of the molecule is O=C1CC(NC(=O)c2cc(F)c(Cl)cc2Oc2ccc(F)cc2Cl)CCN1. The summed E-state index contributed by atoms with van der Waals surface area (Å²) in [5.41, 5.74) is -0.122. The van der Waals surface area contributed by atoms with Crippen molar-refractivity contribution in [3.63, 3.8) is 0 Å². The van der Waals surface area contributed by atoms with Crippen LogP contribution in [-0.4, -0.2) is 24.4 Å². The Labute approximate surface area is 163 Å². The summed E-state index contributed by atoms with van der Waals surface area (Å²) in [6, 6.07) is 5.15. The lowest BCUT2D eigenvalue weighted by Crippen LogP contribution is -2.45. The van der Waals surface area contributed by atoms with Gasteiger partial charge in [0.1, 0.15) is 23.1 Å². The van der Waals surface area contributed by atoms with Crippen molar-refractivity contribution in [3.05, 3.63) is 57.6 Å². The van der Waals surface area contributed by atoms with Crippen LogP contribution in [0.3, 0.4) is 0 Å². The van der Waals surface area contributed by atoms with Gasteiger partial charge < -0.3 is 15.4 Å². The molecule has 27 heavy (non-hydrogen) atoms. The highest BCUT2D eigenvalue weighted by atomic mass is 35.5. The zero-order valence-corrected chi connectivity index (χ0v) is 15.3. The number of amides is 2. The number of nitrogens with one attached hydrogen (secondary N) is 2. The van der Waals surface area contributed by atoms with Crippen LogP contribution in [0.4, 0.5) is 8.78 Å². The molecule has 3 rings (SSSR count). The summed E-state index contributed by atoms with van der Waals surface area (Å²) in [6.45, 7) is 0.438. The molecule has 5 nitrogen and oxygen atoms in total. The molecule has 9 heteroatoms. The van der Waals surface area contributed by atoms with E-state index in [1.54, 1.807) is 0 Å². The van der Waals surface area contributed by atoms with Crippen LogP contribution in [0.15, 0.2) is 30.3 Å². The van der Waals surface area contributed by atoms with Crippen molar-refractivity contribution in [2.45, 2.75) is 18.9 Å². The Bertz CT molecular complexity index is 908. The Balaban J connectivity index is 1.88. The molecule has 0 saturated carbocycles. The van der Waals surface area contributed by atoms with E-state index >= 15 is 0 Å². The number of ether oxygens (including phenoxy) is 1. The van der Waals surface area contributed by atoms with Gasteiger partial charge in [-0.1, -0.05) is 23.2 Å². The van der Waals surface area contributed by atoms with E-state index in [2.05, 4.69) is 10.6 Å². The third kappa shape index (κ3) is 4.67. The molecule has 0 aromatic heterocycles. The number of hydrogen-bond acceptors (Lipinski definition) is 3. The van der Waals surface area contributed by atoms with Gasteiger partial charge in [0.15, 0.2) is 0 Å². The molecule has 1 unspecified atom stereocenters. The minimum absolute atomic E-state index is 0.0224. The highest BCUT2D eigenvalue weighted by Gasteiger charge is 2.24. The molecule has 0 bridgehead atoms. The van der Waals surface area contributed by atoms with Gasteiger partial charge in [-0.05, 0) is 30.7 Å². The van der Waals surface area contributed by atoms with Gasteiger partial charge in [-0.25, -0.2) is 8.78 Å². The Morgan fingerprint density at radius 1 is 1.15 bits per heavy atom. The molecule has 142 valence electrons. The number of carbonyl (C=O) groups excluding carboxylic acids is 2. The maximum absolute atomic E-state index is 13.9. The van der Waals surface area contributed by atoms with Gasteiger partial charge in [0.05, 0.1) is 15.6 Å². The van der Waals surface area contributed by atoms with Crippen LogP contribution >= 0.6 is 23.2 Å². The van der Waals surface area contributed by atoms with Crippen LogP contribution in [0.5, 0.6) is 11.5 Å². The van der Waals surface area contributed by atoms with Crippen molar-refractivity contribution < 1.29 is 23.1 Å². The summed E-state index contributed by atoms with van der Waals surface area (Å²) >= 11 is 11.7. The van der Waals surface area contributed by atoms with E-state index < -0.39 is 17.5 Å². The van der Waals surface area contributed by atoms with Crippen molar-refractivity contribution in [2.24, 2.45) is 0 Å². The Morgan fingerprint density at radius 2 is 1.93 bits per heavy atom. The van der Waals surface area contributed by atoms with Crippen LogP contribution in [0.25, 0.3) is 0 Å². The van der Waals surface area contributed by atoms with Gasteiger partial charge in [0.25, 0.3) is 5.91 Å². The van der Waals surface area contributed by atoms with E-state index in [0.717, 1.165) is 24.3 Å². The molecule has 0 aliphatic carbocycles. The molecular weight excluding hydrogens is 401 g/mol. The number of hydrogen-bond donors (Lipinski definition) is 2. The minimum atomic E-state index is -0.805. The van der Waals surface area contributed by atoms with Crippen molar-refractivity contribution in [2.75, 3.05) is 6.54 Å². The Kier molecular flexibility index (Phi) is 5.82. The third-order valence-electron chi connectivity index (χ3n) is 3.96. The molecule has 1 saturated heterocycles. The van der Waals surface area contributed by atoms with Gasteiger partial charge in [0.2, 0.25) is 5.91 Å². The van der Waals surface area contributed by atoms with E-state index in [1.807, 2.05) is 0 Å². The monoisotopic (exact) mass is 414 g/mol. The molecule has 1 aliphatic heterocycles. The van der Waals surface area contributed by atoms with Gasteiger partial charge in [-0.3, -0.25) is 9.59 Å². The molecule has 1 heterocycles. The molecular formula is C18H14Cl2F2N2O3. The second kappa shape index (κ2) is 8.10. The summed E-state index contributed by atoms with van der Waals surface area (Å²) < 4.78 is 32.7. The number of carbonyl (C=O) groups is 2. The first-order chi connectivity index (χ1) is 12.8. The first-order valence-electron chi connectivity index (χ1n) is 8.03. The number of piperidine rings is 1. The maximum Gasteiger partial charge on any atom is 0.255 e. The van der Waals surface area contributed by atoms with Crippen molar-refractivity contribution >= 4 is 35.0 Å². The molecule has 2 N–H and O–H groups in total. The zero-order valence-electron chi connectivity index (χ0n) is 13.8. The average Bonchev–Trinajstić information content (AvgIpc) is 2.60. The smallest absolute Gasteiger partial charge is 0.255 e. The lowest BCUT2D eigenvalue weighted by Gasteiger charge is -2.23. The second-order valence-corrected chi connectivity index (χ2v) is 6.77. The Morgan fingerprint density at radius 3 is 2.63 bits per heavy atom. The molecule has 2 aromatic rings. The highest BCUT2D eigenvalue weighted by Crippen LogP contribution is 2.34. The third-order valence-corrected chi connectivity index (χ3v) is 4.55. The summed E-state index contributed by atoms with van der Waals surface area (Å²) in [4.78, 5) is 24.1. The summed E-state index contributed by atoms with van der Waals surface area (Å²) in [7, 11) is 0. The largest absolute Gasteiger partial charge is 0.455 e.